The van der Waals surface area contributed by atoms with E-state index in [0.717, 1.165) is 0 Å². The summed E-state index contributed by atoms with van der Waals surface area (Å²) < 4.78 is 27.4. The topological polar surface area (TPSA) is 81.2 Å². The van der Waals surface area contributed by atoms with Crippen LogP contribution in [0.3, 0.4) is 0 Å². The van der Waals surface area contributed by atoms with Gasteiger partial charge in [0.25, 0.3) is 10.0 Å². The predicted molar refractivity (Wildman–Crippen MR) is 81.1 cm³/mol. The van der Waals surface area contributed by atoms with Gasteiger partial charge in [-0.15, -0.1) is 0 Å². The van der Waals surface area contributed by atoms with Gasteiger partial charge in [-0.2, -0.15) is 13.5 Å². The molecule has 6 nitrogen and oxygen atoms in total. The van der Waals surface area contributed by atoms with Crippen molar-refractivity contribution in [1.29, 1.82) is 0 Å². The number of aryl methyl sites for hydroxylation is 1. The average Bonchev–Trinajstić information content (AvgIpc) is 2.85. The van der Waals surface area contributed by atoms with Crippen LogP contribution in [0.25, 0.3) is 0 Å². The molecule has 2 N–H and O–H groups in total. The molecule has 1 aromatic heterocycles. The van der Waals surface area contributed by atoms with Gasteiger partial charge in [0.2, 0.25) is 0 Å². The van der Waals surface area contributed by atoms with E-state index < -0.39 is 10.0 Å². The zero-order chi connectivity index (χ0) is 14.9. The molecule has 0 saturated carbocycles. The van der Waals surface area contributed by atoms with E-state index in [2.05, 4.69) is 5.10 Å². The van der Waals surface area contributed by atoms with Crippen molar-refractivity contribution < 1.29 is 8.42 Å². The number of hydrogen-bond acceptors (Lipinski definition) is 4. The molecule has 0 radical (unpaired) electrons. The monoisotopic (exact) mass is 310 g/mol. The number of sulfonamides is 1. The van der Waals surface area contributed by atoms with Gasteiger partial charge in [-0.05, 0) is 30.3 Å². The van der Waals surface area contributed by atoms with Crippen molar-refractivity contribution in [2.24, 2.45) is 12.8 Å². The highest BCUT2D eigenvalue weighted by Gasteiger charge is 2.24. The number of anilines is 1. The Kier molecular flexibility index (Phi) is 3.78. The zero-order valence-corrected chi connectivity index (χ0v) is 12.6. The maximum absolute atomic E-state index is 12.4. The molecule has 0 aliphatic rings. The zero-order valence-electron chi connectivity index (χ0n) is 11.0. The van der Waals surface area contributed by atoms with E-state index in [-0.39, 0.29) is 10.0 Å². The fourth-order valence-corrected chi connectivity index (χ4v) is 3.16. The molecule has 8 heteroatoms. The molecule has 0 fully saturated rings. The molecule has 0 aliphatic heterocycles. The quantitative estimate of drug-likeness (QED) is 0.848. The van der Waals surface area contributed by atoms with Gasteiger partial charge in [-0.1, -0.05) is 12.2 Å². The molecule has 0 atom stereocenters. The maximum atomic E-state index is 12.4. The van der Waals surface area contributed by atoms with E-state index in [9.17, 15) is 8.42 Å². The summed E-state index contributed by atoms with van der Waals surface area (Å²) in [5, 5.41) is 4.00. The third kappa shape index (κ3) is 2.52. The van der Waals surface area contributed by atoms with Crippen molar-refractivity contribution in [3.05, 3.63) is 42.1 Å². The molecular formula is C12H14N4O2S2. The summed E-state index contributed by atoms with van der Waals surface area (Å²) in [6.07, 6.45) is 1.44. The highest BCUT2D eigenvalue weighted by molar-refractivity contribution is 7.92. The summed E-state index contributed by atoms with van der Waals surface area (Å²) in [6, 6.07) is 8.14. The molecule has 2 aromatic rings. The van der Waals surface area contributed by atoms with Crippen molar-refractivity contribution in [2.75, 3.05) is 11.4 Å². The highest BCUT2D eigenvalue weighted by atomic mass is 32.2. The van der Waals surface area contributed by atoms with Gasteiger partial charge in [0.1, 0.15) is 4.99 Å². The minimum Gasteiger partial charge on any atom is -0.389 e. The summed E-state index contributed by atoms with van der Waals surface area (Å²) in [7, 11) is -0.578. The van der Waals surface area contributed by atoms with E-state index in [0.29, 0.717) is 11.3 Å². The lowest BCUT2D eigenvalue weighted by atomic mass is 10.2. The third-order valence-electron chi connectivity index (χ3n) is 2.92. The molecule has 2 rings (SSSR count). The maximum Gasteiger partial charge on any atom is 0.281 e. The standard InChI is InChI=1S/C12H14N4O2S2/c1-15-11(7-8-14-15)20(17,18)16(2)10-5-3-9(4-6-10)12(13)19/h3-8H,1-2H3,(H2,13,19). The van der Waals surface area contributed by atoms with Crippen molar-refractivity contribution in [3.63, 3.8) is 0 Å². The highest BCUT2D eigenvalue weighted by Crippen LogP contribution is 2.21. The minimum atomic E-state index is -3.64. The SMILES string of the molecule is CN(c1ccc(C(N)=S)cc1)S(=O)(=O)c1ccnn1C. The molecule has 0 aliphatic carbocycles. The first kappa shape index (κ1) is 14.5. The van der Waals surface area contributed by atoms with Crippen LogP contribution in [0, 0.1) is 0 Å². The summed E-state index contributed by atoms with van der Waals surface area (Å²) in [5.74, 6) is 0. The van der Waals surface area contributed by atoms with Crippen molar-refractivity contribution >= 4 is 32.9 Å². The number of hydrogen-bond donors (Lipinski definition) is 1. The number of nitrogens with zero attached hydrogens (tertiary/aromatic N) is 3. The fourth-order valence-electron chi connectivity index (χ4n) is 1.73. The van der Waals surface area contributed by atoms with Crippen LogP contribution in [-0.4, -0.2) is 30.2 Å². The van der Waals surface area contributed by atoms with E-state index >= 15 is 0 Å². The Labute approximate surface area is 122 Å². The molecular weight excluding hydrogens is 296 g/mol. The second-order valence-corrected chi connectivity index (χ2v) is 6.53. The van der Waals surface area contributed by atoms with E-state index in [4.69, 9.17) is 18.0 Å². The van der Waals surface area contributed by atoms with Crippen LogP contribution in [0.2, 0.25) is 0 Å². The Balaban J connectivity index is 2.38. The van der Waals surface area contributed by atoms with E-state index in [1.807, 2.05) is 0 Å². The molecule has 0 amide bonds. The molecule has 20 heavy (non-hydrogen) atoms. The van der Waals surface area contributed by atoms with Crippen LogP contribution in [-0.2, 0) is 17.1 Å². The van der Waals surface area contributed by atoms with Gasteiger partial charge in [-0.3, -0.25) is 8.99 Å². The first-order chi connectivity index (χ1) is 9.34. The van der Waals surface area contributed by atoms with Crippen LogP contribution in [0.5, 0.6) is 0 Å². The van der Waals surface area contributed by atoms with Gasteiger partial charge in [0.15, 0.2) is 5.03 Å². The fraction of sp³-hybridized carbons (Fsp3) is 0.167. The Morgan fingerprint density at radius 2 is 1.90 bits per heavy atom. The Hall–Kier alpha value is -1.93. The largest absolute Gasteiger partial charge is 0.389 e. The van der Waals surface area contributed by atoms with Crippen molar-refractivity contribution in [3.8, 4) is 0 Å². The normalized spacial score (nSPS) is 11.3. The van der Waals surface area contributed by atoms with E-state index in [1.54, 1.807) is 31.3 Å². The van der Waals surface area contributed by atoms with Crippen molar-refractivity contribution in [2.45, 2.75) is 5.03 Å². The lowest BCUT2D eigenvalue weighted by Crippen LogP contribution is -2.28. The Morgan fingerprint density at radius 1 is 1.30 bits per heavy atom. The van der Waals surface area contributed by atoms with Crippen LogP contribution in [0.4, 0.5) is 5.69 Å². The van der Waals surface area contributed by atoms with Gasteiger partial charge in [0, 0.05) is 19.7 Å². The second-order valence-electron chi connectivity index (χ2n) is 4.18. The summed E-state index contributed by atoms with van der Waals surface area (Å²) in [6.45, 7) is 0. The smallest absolute Gasteiger partial charge is 0.281 e. The number of benzene rings is 1. The average molecular weight is 310 g/mol. The predicted octanol–water partition coefficient (Wildman–Crippen LogP) is 0.879. The van der Waals surface area contributed by atoms with Crippen molar-refractivity contribution in [1.82, 2.24) is 9.78 Å². The molecule has 0 spiro atoms. The molecule has 0 unspecified atom stereocenters. The number of nitrogens with two attached hydrogens (primary N) is 1. The van der Waals surface area contributed by atoms with Gasteiger partial charge in [0.05, 0.1) is 11.9 Å². The Bertz CT molecular complexity index is 735. The summed E-state index contributed by atoms with van der Waals surface area (Å²) in [5.41, 5.74) is 6.72. The molecule has 1 aromatic carbocycles. The van der Waals surface area contributed by atoms with E-state index in [1.165, 1.54) is 28.3 Å². The van der Waals surface area contributed by atoms with Crippen LogP contribution >= 0.6 is 12.2 Å². The molecule has 0 saturated heterocycles. The van der Waals surface area contributed by atoms with Crippen LogP contribution < -0.4 is 10.0 Å². The van der Waals surface area contributed by atoms with Gasteiger partial charge < -0.3 is 5.73 Å². The van der Waals surface area contributed by atoms with Crippen LogP contribution in [0.1, 0.15) is 5.56 Å². The van der Waals surface area contributed by atoms with Crippen LogP contribution in [0.15, 0.2) is 41.6 Å². The lowest BCUT2D eigenvalue weighted by Gasteiger charge is -2.19. The number of thiocarbonyl (C=S) groups is 1. The summed E-state index contributed by atoms with van der Waals surface area (Å²) >= 11 is 4.86. The number of aromatic nitrogens is 2. The molecule has 0 bridgehead atoms. The number of rotatable bonds is 4. The van der Waals surface area contributed by atoms with Gasteiger partial charge in [-0.25, -0.2) is 0 Å². The summed E-state index contributed by atoms with van der Waals surface area (Å²) in [4.78, 5) is 0.272. The van der Waals surface area contributed by atoms with Gasteiger partial charge >= 0.3 is 0 Å². The lowest BCUT2D eigenvalue weighted by molar-refractivity contribution is 0.575. The Morgan fingerprint density at radius 3 is 2.35 bits per heavy atom. The first-order valence-electron chi connectivity index (χ1n) is 5.71. The second kappa shape index (κ2) is 5.22. The molecule has 1 heterocycles. The first-order valence-corrected chi connectivity index (χ1v) is 7.55. The third-order valence-corrected chi connectivity index (χ3v) is 5.01. The minimum absolute atomic E-state index is 0.124. The molecule has 106 valence electrons.